The third-order valence-electron chi connectivity index (χ3n) is 3.57. The van der Waals surface area contributed by atoms with Crippen molar-refractivity contribution in [2.24, 2.45) is 5.92 Å². The Balaban J connectivity index is 2.49. The van der Waals surface area contributed by atoms with Crippen LogP contribution in [0.4, 0.5) is 0 Å². The maximum absolute atomic E-state index is 3.72. The molecule has 0 amide bonds. The molecule has 0 saturated carbocycles. The Morgan fingerprint density at radius 1 is 1.27 bits per heavy atom. The normalized spacial score (nSPS) is 29.0. The summed E-state index contributed by atoms with van der Waals surface area (Å²) in [6, 6.07) is 2.07. The highest BCUT2D eigenvalue weighted by atomic mass is 15.2. The van der Waals surface area contributed by atoms with Crippen LogP contribution in [0.25, 0.3) is 0 Å². The molecule has 15 heavy (non-hydrogen) atoms. The molecule has 0 radical (unpaired) electrons. The van der Waals surface area contributed by atoms with Gasteiger partial charge in [-0.05, 0) is 32.7 Å². The van der Waals surface area contributed by atoms with Gasteiger partial charge in [0.15, 0.2) is 0 Å². The zero-order chi connectivity index (χ0) is 11.4. The van der Waals surface area contributed by atoms with Crippen molar-refractivity contribution in [1.29, 1.82) is 0 Å². The van der Waals surface area contributed by atoms with Crippen LogP contribution in [0.5, 0.6) is 0 Å². The van der Waals surface area contributed by atoms with E-state index in [1.807, 2.05) is 0 Å². The molecule has 90 valence electrons. The molecule has 0 aromatic carbocycles. The molecule has 1 saturated heterocycles. The summed E-state index contributed by atoms with van der Waals surface area (Å²) in [5, 5.41) is 3.72. The van der Waals surface area contributed by atoms with Crippen molar-refractivity contribution in [3.63, 3.8) is 0 Å². The average molecular weight is 212 g/mol. The van der Waals surface area contributed by atoms with Crippen LogP contribution in [-0.2, 0) is 0 Å². The summed E-state index contributed by atoms with van der Waals surface area (Å²) in [5.41, 5.74) is 0. The number of nitrogens with one attached hydrogen (secondary N) is 1. The Morgan fingerprint density at radius 2 is 1.93 bits per heavy atom. The maximum Gasteiger partial charge on any atom is 0.0122 e. The number of nitrogens with zero attached hydrogens (tertiary/aromatic N) is 1. The number of hydrogen-bond donors (Lipinski definition) is 1. The Labute approximate surface area is 95.4 Å². The largest absolute Gasteiger partial charge is 0.311 e. The van der Waals surface area contributed by atoms with Gasteiger partial charge in [0.1, 0.15) is 0 Å². The van der Waals surface area contributed by atoms with Gasteiger partial charge in [0.25, 0.3) is 0 Å². The van der Waals surface area contributed by atoms with Gasteiger partial charge in [0.05, 0.1) is 0 Å². The molecule has 0 spiro atoms. The number of hydrogen-bond acceptors (Lipinski definition) is 2. The lowest BCUT2D eigenvalue weighted by Crippen LogP contribution is -2.52. The van der Waals surface area contributed by atoms with E-state index in [2.05, 4.69) is 44.8 Å². The standard InChI is InChI=1S/C13H28N2/c1-6-12-9-15(11(4)5)8-7-13(12)14-10(2)3/h10-14H,6-9H2,1-5H3/t12-,13?/m1/s1. The second-order valence-corrected chi connectivity index (χ2v) is 5.47. The van der Waals surface area contributed by atoms with E-state index in [-0.39, 0.29) is 0 Å². The molecular weight excluding hydrogens is 184 g/mol. The summed E-state index contributed by atoms with van der Waals surface area (Å²) < 4.78 is 0. The summed E-state index contributed by atoms with van der Waals surface area (Å²) >= 11 is 0. The molecule has 0 aromatic rings. The Hall–Kier alpha value is -0.0800. The van der Waals surface area contributed by atoms with Crippen LogP contribution in [0, 0.1) is 5.92 Å². The van der Waals surface area contributed by atoms with Gasteiger partial charge in [-0.2, -0.15) is 0 Å². The topological polar surface area (TPSA) is 15.3 Å². The molecule has 1 unspecified atom stereocenters. The van der Waals surface area contributed by atoms with Crippen LogP contribution >= 0.6 is 0 Å². The number of rotatable bonds is 4. The first kappa shape index (κ1) is 13.0. The lowest BCUT2D eigenvalue weighted by molar-refractivity contribution is 0.104. The van der Waals surface area contributed by atoms with E-state index in [1.54, 1.807) is 0 Å². The third-order valence-corrected chi connectivity index (χ3v) is 3.57. The Bertz CT molecular complexity index is 177. The molecule has 2 heteroatoms. The van der Waals surface area contributed by atoms with Gasteiger partial charge in [-0.1, -0.05) is 27.2 Å². The van der Waals surface area contributed by atoms with Gasteiger partial charge in [0.2, 0.25) is 0 Å². The summed E-state index contributed by atoms with van der Waals surface area (Å²) in [7, 11) is 0. The number of piperidine rings is 1. The van der Waals surface area contributed by atoms with Gasteiger partial charge in [-0.3, -0.25) is 0 Å². The molecule has 1 fully saturated rings. The molecule has 1 rings (SSSR count). The highest BCUT2D eigenvalue weighted by Crippen LogP contribution is 2.22. The Kier molecular flexibility index (Phi) is 5.07. The van der Waals surface area contributed by atoms with Crippen molar-refractivity contribution in [1.82, 2.24) is 10.2 Å². The van der Waals surface area contributed by atoms with Crippen LogP contribution in [0.15, 0.2) is 0 Å². The predicted octanol–water partition coefficient (Wildman–Crippen LogP) is 2.49. The van der Waals surface area contributed by atoms with Crippen molar-refractivity contribution in [2.45, 2.75) is 65.6 Å². The van der Waals surface area contributed by atoms with E-state index in [4.69, 9.17) is 0 Å². The van der Waals surface area contributed by atoms with Gasteiger partial charge >= 0.3 is 0 Å². The van der Waals surface area contributed by atoms with E-state index in [9.17, 15) is 0 Å². The quantitative estimate of drug-likeness (QED) is 0.770. The van der Waals surface area contributed by atoms with Crippen molar-refractivity contribution >= 4 is 0 Å². The van der Waals surface area contributed by atoms with Crippen LogP contribution in [0.1, 0.15) is 47.5 Å². The van der Waals surface area contributed by atoms with E-state index < -0.39 is 0 Å². The van der Waals surface area contributed by atoms with Gasteiger partial charge < -0.3 is 10.2 Å². The molecule has 0 aromatic heterocycles. The highest BCUT2D eigenvalue weighted by molar-refractivity contribution is 4.86. The second kappa shape index (κ2) is 5.86. The van der Waals surface area contributed by atoms with E-state index in [1.165, 1.54) is 25.9 Å². The first-order valence-corrected chi connectivity index (χ1v) is 6.54. The van der Waals surface area contributed by atoms with Gasteiger partial charge in [-0.25, -0.2) is 0 Å². The summed E-state index contributed by atoms with van der Waals surface area (Å²) in [4.78, 5) is 2.62. The molecule has 2 atom stereocenters. The molecule has 1 heterocycles. The predicted molar refractivity (Wildman–Crippen MR) is 67.2 cm³/mol. The highest BCUT2D eigenvalue weighted by Gasteiger charge is 2.28. The minimum Gasteiger partial charge on any atom is -0.311 e. The monoisotopic (exact) mass is 212 g/mol. The smallest absolute Gasteiger partial charge is 0.0122 e. The summed E-state index contributed by atoms with van der Waals surface area (Å²) in [6.45, 7) is 14.0. The van der Waals surface area contributed by atoms with Crippen molar-refractivity contribution in [2.75, 3.05) is 13.1 Å². The first-order valence-electron chi connectivity index (χ1n) is 6.54. The maximum atomic E-state index is 3.72. The second-order valence-electron chi connectivity index (χ2n) is 5.47. The van der Waals surface area contributed by atoms with Crippen molar-refractivity contribution in [3.05, 3.63) is 0 Å². The zero-order valence-corrected chi connectivity index (χ0v) is 11.1. The SMILES string of the molecule is CC[C@@H]1CN(C(C)C)CCC1NC(C)C. The molecular formula is C13H28N2. The van der Waals surface area contributed by atoms with Gasteiger partial charge in [-0.15, -0.1) is 0 Å². The zero-order valence-electron chi connectivity index (χ0n) is 11.1. The lowest BCUT2D eigenvalue weighted by Gasteiger charge is -2.41. The molecule has 0 bridgehead atoms. The van der Waals surface area contributed by atoms with Crippen molar-refractivity contribution < 1.29 is 0 Å². The van der Waals surface area contributed by atoms with E-state index in [0.29, 0.717) is 12.1 Å². The lowest BCUT2D eigenvalue weighted by atomic mass is 9.89. The van der Waals surface area contributed by atoms with Crippen LogP contribution in [0.3, 0.4) is 0 Å². The van der Waals surface area contributed by atoms with Gasteiger partial charge in [0, 0.05) is 24.7 Å². The van der Waals surface area contributed by atoms with Crippen LogP contribution in [0.2, 0.25) is 0 Å². The third kappa shape index (κ3) is 3.76. The van der Waals surface area contributed by atoms with Crippen LogP contribution in [-0.4, -0.2) is 36.1 Å². The minimum absolute atomic E-state index is 0.620. The van der Waals surface area contributed by atoms with E-state index >= 15 is 0 Å². The molecule has 1 aliphatic heterocycles. The fourth-order valence-electron chi connectivity index (χ4n) is 2.59. The summed E-state index contributed by atoms with van der Waals surface area (Å²) in [6.07, 6.45) is 2.61. The molecule has 2 nitrogen and oxygen atoms in total. The fourth-order valence-corrected chi connectivity index (χ4v) is 2.59. The molecule has 0 aliphatic carbocycles. The van der Waals surface area contributed by atoms with Crippen molar-refractivity contribution in [3.8, 4) is 0 Å². The molecule has 1 N–H and O–H groups in total. The summed E-state index contributed by atoms with van der Waals surface area (Å²) in [5.74, 6) is 0.837. The minimum atomic E-state index is 0.620. The molecule has 1 aliphatic rings. The number of likely N-dealkylation sites (tertiary alicyclic amines) is 1. The van der Waals surface area contributed by atoms with Crippen LogP contribution < -0.4 is 5.32 Å². The first-order chi connectivity index (χ1) is 7.04. The Morgan fingerprint density at radius 3 is 2.40 bits per heavy atom. The van der Waals surface area contributed by atoms with E-state index in [0.717, 1.165) is 12.0 Å². The fraction of sp³-hybridized carbons (Fsp3) is 1.00. The average Bonchev–Trinajstić information content (AvgIpc) is 2.17.